The van der Waals surface area contributed by atoms with Crippen molar-refractivity contribution in [3.8, 4) is 0 Å². The first kappa shape index (κ1) is 11.7. The van der Waals surface area contributed by atoms with Crippen molar-refractivity contribution in [2.75, 3.05) is 0 Å². The van der Waals surface area contributed by atoms with Crippen LogP contribution in [0.5, 0.6) is 0 Å². The molecule has 0 aliphatic rings. The molecular weight excluding hydrogens is 192 g/mol. The summed E-state index contributed by atoms with van der Waals surface area (Å²) in [7, 11) is 0. The highest BCUT2D eigenvalue weighted by molar-refractivity contribution is 5.75. The first-order valence-corrected chi connectivity index (χ1v) is 5.13. The summed E-state index contributed by atoms with van der Waals surface area (Å²) in [6.07, 6.45) is 0.0530. The minimum Gasteiger partial charge on any atom is -0.479 e. The standard InChI is InChI=1S/C12H16O3/c1-3-8-6-5-7-9(4-2)10(8)11(13)12(14)15/h5-7,11,13H,3-4H2,1-2H3,(H,14,15). The number of rotatable bonds is 4. The Bertz CT molecular complexity index is 336. The molecule has 0 amide bonds. The summed E-state index contributed by atoms with van der Waals surface area (Å²) in [6.45, 7) is 3.90. The molecule has 2 N–H and O–H groups in total. The molecule has 1 unspecified atom stereocenters. The lowest BCUT2D eigenvalue weighted by molar-refractivity contribution is -0.147. The van der Waals surface area contributed by atoms with E-state index in [4.69, 9.17) is 5.11 Å². The summed E-state index contributed by atoms with van der Waals surface area (Å²) in [5, 5.41) is 18.4. The van der Waals surface area contributed by atoms with Crippen molar-refractivity contribution in [2.45, 2.75) is 32.8 Å². The predicted molar refractivity (Wildman–Crippen MR) is 57.8 cm³/mol. The summed E-state index contributed by atoms with van der Waals surface area (Å²) in [5.74, 6) is -1.19. The van der Waals surface area contributed by atoms with Gasteiger partial charge in [-0.3, -0.25) is 0 Å². The van der Waals surface area contributed by atoms with Crippen LogP contribution in [0.25, 0.3) is 0 Å². The Balaban J connectivity index is 3.27. The molecule has 1 atom stereocenters. The van der Waals surface area contributed by atoms with Gasteiger partial charge in [0.1, 0.15) is 0 Å². The lowest BCUT2D eigenvalue weighted by atomic mass is 9.93. The van der Waals surface area contributed by atoms with Gasteiger partial charge in [0, 0.05) is 0 Å². The lowest BCUT2D eigenvalue weighted by Gasteiger charge is -2.15. The van der Waals surface area contributed by atoms with Crippen LogP contribution in [-0.2, 0) is 17.6 Å². The second kappa shape index (κ2) is 4.94. The monoisotopic (exact) mass is 208 g/mol. The van der Waals surface area contributed by atoms with Gasteiger partial charge in [-0.05, 0) is 29.5 Å². The van der Waals surface area contributed by atoms with Crippen LogP contribution in [0, 0.1) is 0 Å². The van der Waals surface area contributed by atoms with E-state index in [0.29, 0.717) is 5.56 Å². The lowest BCUT2D eigenvalue weighted by Crippen LogP contribution is -2.14. The molecule has 0 aliphatic heterocycles. The van der Waals surface area contributed by atoms with Crippen LogP contribution in [-0.4, -0.2) is 16.2 Å². The molecule has 3 heteroatoms. The summed E-state index contributed by atoms with van der Waals surface area (Å²) < 4.78 is 0. The number of carboxylic acids is 1. The van der Waals surface area contributed by atoms with E-state index in [-0.39, 0.29) is 0 Å². The zero-order valence-electron chi connectivity index (χ0n) is 9.03. The Hall–Kier alpha value is -1.35. The predicted octanol–water partition coefficient (Wildman–Crippen LogP) is 1.93. The highest BCUT2D eigenvalue weighted by atomic mass is 16.4. The fraction of sp³-hybridized carbons (Fsp3) is 0.417. The molecule has 0 aromatic heterocycles. The fourth-order valence-electron chi connectivity index (χ4n) is 1.76. The molecule has 1 aromatic rings. The molecule has 0 bridgehead atoms. The van der Waals surface area contributed by atoms with Crippen LogP contribution in [0.2, 0.25) is 0 Å². The first-order chi connectivity index (χ1) is 7.11. The van der Waals surface area contributed by atoms with E-state index < -0.39 is 12.1 Å². The molecule has 82 valence electrons. The van der Waals surface area contributed by atoms with Crippen molar-refractivity contribution in [1.29, 1.82) is 0 Å². The number of hydrogen-bond donors (Lipinski definition) is 2. The van der Waals surface area contributed by atoms with Gasteiger partial charge >= 0.3 is 5.97 Å². The second-order valence-electron chi connectivity index (χ2n) is 3.44. The molecule has 15 heavy (non-hydrogen) atoms. The van der Waals surface area contributed by atoms with E-state index in [1.165, 1.54) is 0 Å². The molecule has 0 aliphatic carbocycles. The minimum absolute atomic E-state index is 0.565. The Morgan fingerprint density at radius 2 is 1.73 bits per heavy atom. The molecule has 0 fully saturated rings. The Morgan fingerprint density at radius 3 is 2.07 bits per heavy atom. The van der Waals surface area contributed by atoms with Crippen molar-refractivity contribution in [2.24, 2.45) is 0 Å². The van der Waals surface area contributed by atoms with Crippen molar-refractivity contribution in [3.05, 3.63) is 34.9 Å². The first-order valence-electron chi connectivity index (χ1n) is 5.13. The number of aliphatic hydroxyl groups is 1. The van der Waals surface area contributed by atoms with Gasteiger partial charge < -0.3 is 10.2 Å². The highest BCUT2D eigenvalue weighted by Gasteiger charge is 2.21. The van der Waals surface area contributed by atoms with E-state index >= 15 is 0 Å². The third-order valence-electron chi connectivity index (χ3n) is 2.56. The summed E-state index contributed by atoms with van der Waals surface area (Å²) in [6, 6.07) is 5.62. The maximum Gasteiger partial charge on any atom is 0.337 e. The van der Waals surface area contributed by atoms with E-state index in [1.807, 2.05) is 32.0 Å². The van der Waals surface area contributed by atoms with Crippen molar-refractivity contribution >= 4 is 5.97 Å². The smallest absolute Gasteiger partial charge is 0.337 e. The number of hydrogen-bond acceptors (Lipinski definition) is 2. The van der Waals surface area contributed by atoms with E-state index in [2.05, 4.69) is 0 Å². The average Bonchev–Trinajstić information content (AvgIpc) is 2.26. The van der Waals surface area contributed by atoms with Crippen LogP contribution in [0.3, 0.4) is 0 Å². The van der Waals surface area contributed by atoms with Crippen LogP contribution in [0.4, 0.5) is 0 Å². The maximum atomic E-state index is 10.8. The van der Waals surface area contributed by atoms with Crippen LogP contribution < -0.4 is 0 Å². The minimum atomic E-state index is -1.41. The van der Waals surface area contributed by atoms with Gasteiger partial charge in [-0.25, -0.2) is 4.79 Å². The number of benzene rings is 1. The molecule has 0 saturated heterocycles. The Kier molecular flexibility index (Phi) is 3.86. The molecule has 0 spiro atoms. The van der Waals surface area contributed by atoms with Crippen LogP contribution in [0.15, 0.2) is 18.2 Å². The Morgan fingerprint density at radius 1 is 1.27 bits per heavy atom. The van der Waals surface area contributed by atoms with Gasteiger partial charge in [0.25, 0.3) is 0 Å². The molecule has 0 radical (unpaired) electrons. The summed E-state index contributed by atoms with van der Waals surface area (Å²) in [4.78, 5) is 10.8. The van der Waals surface area contributed by atoms with Gasteiger partial charge in [-0.15, -0.1) is 0 Å². The zero-order chi connectivity index (χ0) is 11.4. The molecule has 1 rings (SSSR count). The van der Waals surface area contributed by atoms with Gasteiger partial charge in [-0.1, -0.05) is 32.0 Å². The van der Waals surface area contributed by atoms with E-state index in [9.17, 15) is 9.90 Å². The molecule has 0 saturated carbocycles. The zero-order valence-corrected chi connectivity index (χ0v) is 9.03. The van der Waals surface area contributed by atoms with E-state index in [1.54, 1.807) is 0 Å². The molecule has 1 aromatic carbocycles. The average molecular weight is 208 g/mol. The van der Waals surface area contributed by atoms with Gasteiger partial charge in [0.2, 0.25) is 0 Å². The third kappa shape index (κ3) is 2.36. The molecule has 3 nitrogen and oxygen atoms in total. The van der Waals surface area contributed by atoms with Gasteiger partial charge in [0.05, 0.1) is 0 Å². The van der Waals surface area contributed by atoms with Crippen LogP contribution in [0.1, 0.15) is 36.6 Å². The van der Waals surface area contributed by atoms with Gasteiger partial charge in [0.15, 0.2) is 6.10 Å². The van der Waals surface area contributed by atoms with Gasteiger partial charge in [-0.2, -0.15) is 0 Å². The summed E-state index contributed by atoms with van der Waals surface area (Å²) >= 11 is 0. The van der Waals surface area contributed by atoms with E-state index in [0.717, 1.165) is 24.0 Å². The number of aliphatic carboxylic acids is 1. The summed E-state index contributed by atoms with van der Waals surface area (Å²) in [5.41, 5.74) is 2.38. The third-order valence-corrected chi connectivity index (χ3v) is 2.56. The van der Waals surface area contributed by atoms with Crippen LogP contribution >= 0.6 is 0 Å². The highest BCUT2D eigenvalue weighted by Crippen LogP contribution is 2.24. The quantitative estimate of drug-likeness (QED) is 0.794. The number of aliphatic hydroxyl groups excluding tert-OH is 1. The maximum absolute atomic E-state index is 10.8. The molecule has 0 heterocycles. The molecular formula is C12H16O3. The Labute approximate surface area is 89.4 Å². The second-order valence-corrected chi connectivity index (χ2v) is 3.44. The van der Waals surface area contributed by atoms with Crippen molar-refractivity contribution in [3.63, 3.8) is 0 Å². The normalized spacial score (nSPS) is 12.5. The number of carbonyl (C=O) groups is 1. The largest absolute Gasteiger partial charge is 0.479 e. The fourth-order valence-corrected chi connectivity index (χ4v) is 1.76. The SMILES string of the molecule is CCc1cccc(CC)c1C(O)C(=O)O. The number of carboxylic acid groups (broad SMARTS) is 1. The van der Waals surface area contributed by atoms with Crippen molar-refractivity contribution < 1.29 is 15.0 Å². The topological polar surface area (TPSA) is 57.5 Å². The van der Waals surface area contributed by atoms with Crippen molar-refractivity contribution in [1.82, 2.24) is 0 Å². The number of aryl methyl sites for hydroxylation is 2.